The highest BCUT2D eigenvalue weighted by Crippen LogP contribution is 2.58. The van der Waals surface area contributed by atoms with Crippen LogP contribution in [0.1, 0.15) is 58.2 Å². The number of aromatic hydroxyl groups is 2. The minimum absolute atomic E-state index is 0.0338. The summed E-state index contributed by atoms with van der Waals surface area (Å²) in [5, 5.41) is 39.9. The molecule has 5 atom stereocenters. The van der Waals surface area contributed by atoms with E-state index in [1.54, 1.807) is 12.1 Å². The Morgan fingerprint density at radius 3 is 2.74 bits per heavy atom. The first kappa shape index (κ1) is 34.6. The maximum absolute atomic E-state index is 10.9. The molecule has 54 heavy (non-hydrogen) atoms. The van der Waals surface area contributed by atoms with Crippen molar-refractivity contribution in [3.8, 4) is 51.7 Å². The molecular weight excluding hydrogens is 682 g/mol. The minimum atomic E-state index is -1.02. The zero-order valence-corrected chi connectivity index (χ0v) is 30.5. The highest BCUT2D eigenvalue weighted by Gasteiger charge is 2.54. The number of likely N-dealkylation sites (N-methyl/N-ethyl adjacent to an activating group) is 1. The van der Waals surface area contributed by atoms with Crippen molar-refractivity contribution >= 4 is 10.9 Å². The monoisotopic (exact) mass is 727 g/mol. The topological polar surface area (TPSA) is 137 Å². The van der Waals surface area contributed by atoms with E-state index in [1.807, 2.05) is 44.6 Å². The molecule has 0 unspecified atom stereocenters. The van der Waals surface area contributed by atoms with Gasteiger partial charge < -0.3 is 44.6 Å². The second kappa shape index (κ2) is 13.9. The summed E-state index contributed by atoms with van der Waals surface area (Å²) in [7, 11) is 3.76. The molecule has 1 aromatic heterocycles. The van der Waals surface area contributed by atoms with Gasteiger partial charge in [0.25, 0.3) is 0 Å². The Kier molecular flexibility index (Phi) is 8.91. The number of hydrogen-bond donors (Lipinski definition) is 6. The summed E-state index contributed by atoms with van der Waals surface area (Å²) in [4.78, 5) is 3.30. The fraction of sp³-hybridized carbons (Fsp3) is 0.364. The van der Waals surface area contributed by atoms with Gasteiger partial charge in [-0.1, -0.05) is 30.0 Å². The van der Waals surface area contributed by atoms with E-state index in [0.29, 0.717) is 44.5 Å². The number of phenols is 2. The number of benzene rings is 4. The number of ether oxygens (including phenoxy) is 4. The van der Waals surface area contributed by atoms with Crippen LogP contribution in [0.4, 0.5) is 0 Å². The van der Waals surface area contributed by atoms with Crippen LogP contribution in [0.3, 0.4) is 0 Å². The van der Waals surface area contributed by atoms with Crippen LogP contribution in [0.5, 0.6) is 28.7 Å². The molecule has 4 aromatic carbocycles. The molecule has 0 radical (unpaired) electrons. The van der Waals surface area contributed by atoms with Crippen molar-refractivity contribution < 1.29 is 34.3 Å². The van der Waals surface area contributed by atoms with Gasteiger partial charge in [-0.3, -0.25) is 5.32 Å². The molecule has 0 amide bonds. The van der Waals surface area contributed by atoms with Gasteiger partial charge >= 0.3 is 0 Å². The summed E-state index contributed by atoms with van der Waals surface area (Å²) < 4.78 is 27.1. The van der Waals surface area contributed by atoms with Gasteiger partial charge in [-0.05, 0) is 121 Å². The number of phenolic OH excluding ortho intramolecular Hbond substituents is 2. The van der Waals surface area contributed by atoms with Crippen LogP contribution >= 0.6 is 0 Å². The average Bonchev–Trinajstić information content (AvgIpc) is 3.66. The van der Waals surface area contributed by atoms with Crippen LogP contribution in [0.15, 0.2) is 66.9 Å². The average molecular weight is 728 g/mol. The smallest absolute Gasteiger partial charge is 0.161 e. The Labute approximate surface area is 314 Å². The van der Waals surface area contributed by atoms with E-state index in [4.69, 9.17) is 18.9 Å². The first-order valence-electron chi connectivity index (χ1n) is 18.8. The molecule has 10 nitrogen and oxygen atoms in total. The number of aliphatic hydroxyl groups is 1. The maximum atomic E-state index is 10.9. The Hall–Kier alpha value is -5.18. The first-order chi connectivity index (χ1) is 26.4. The highest BCUT2D eigenvalue weighted by atomic mass is 16.6. The van der Waals surface area contributed by atoms with Crippen molar-refractivity contribution in [3.63, 3.8) is 0 Å². The molecule has 0 spiro atoms. The number of nitrogens with one attached hydrogen (secondary N) is 3. The van der Waals surface area contributed by atoms with Crippen molar-refractivity contribution in [2.24, 2.45) is 0 Å². The Morgan fingerprint density at radius 2 is 1.89 bits per heavy atom. The molecular formula is C44H45N3O7. The van der Waals surface area contributed by atoms with Crippen LogP contribution in [-0.4, -0.2) is 72.1 Å². The third kappa shape index (κ3) is 5.74. The largest absolute Gasteiger partial charge is 0.508 e. The molecule has 4 heterocycles. The summed E-state index contributed by atoms with van der Waals surface area (Å²) in [6.07, 6.45) is 4.61. The fourth-order valence-electron chi connectivity index (χ4n) is 9.13. The van der Waals surface area contributed by atoms with Gasteiger partial charge in [0.05, 0.1) is 19.9 Å². The number of fused-ring (bicyclic) bond motifs is 13. The minimum Gasteiger partial charge on any atom is -0.508 e. The zero-order valence-electron chi connectivity index (χ0n) is 30.5. The van der Waals surface area contributed by atoms with Crippen molar-refractivity contribution in [2.45, 2.75) is 68.3 Å². The number of hydrogen-bond acceptors (Lipinski definition) is 9. The summed E-state index contributed by atoms with van der Waals surface area (Å²) in [5.41, 5.74) is 8.27. The molecule has 9 rings (SSSR count). The van der Waals surface area contributed by atoms with Gasteiger partial charge in [0, 0.05) is 41.2 Å². The number of H-pyrrole nitrogens is 1. The molecule has 3 aliphatic heterocycles. The van der Waals surface area contributed by atoms with E-state index >= 15 is 0 Å². The Morgan fingerprint density at radius 1 is 0.981 bits per heavy atom. The van der Waals surface area contributed by atoms with Crippen molar-refractivity contribution in [3.05, 3.63) is 100 Å². The lowest BCUT2D eigenvalue weighted by Gasteiger charge is -2.49. The third-order valence-electron chi connectivity index (χ3n) is 11.6. The predicted octanol–water partition coefficient (Wildman–Crippen LogP) is 5.80. The summed E-state index contributed by atoms with van der Waals surface area (Å²) in [6.45, 7) is 0.479. The van der Waals surface area contributed by atoms with Crippen molar-refractivity contribution in [1.82, 2.24) is 15.6 Å². The van der Waals surface area contributed by atoms with E-state index in [0.717, 1.165) is 67.8 Å². The fourth-order valence-corrected chi connectivity index (χ4v) is 9.13. The number of aromatic nitrogens is 1. The molecule has 5 aromatic rings. The molecule has 6 N–H and O–H groups in total. The third-order valence-corrected chi connectivity index (χ3v) is 11.6. The number of aliphatic hydroxyl groups excluding tert-OH is 1. The Balaban J connectivity index is 1.28. The lowest BCUT2D eigenvalue weighted by molar-refractivity contribution is -0.140. The predicted molar refractivity (Wildman–Crippen MR) is 205 cm³/mol. The van der Waals surface area contributed by atoms with Gasteiger partial charge in [0.15, 0.2) is 17.6 Å². The standard InChI is InChI=1S/C44H45N3O7/c1-45-24-52-44-22-35-34-19-28(18-25-6-12-36-26(17-25)14-15-47-36)33-21-29(49)8-10-31(33)40(34)42-32(11-9-30(23-48)53-42)41(35)54-43(44)27-7-13-37(50)38(20-27)51-16-4-3-5-39(44)46-2/h6-8,10,12-15,17,20-21,28,30,39,43,45-50H,4,9,11,16,18-19,22-24H2,1-2H3/t28-,30+,39-,43+,44-/m0/s1. The molecule has 4 aliphatic rings. The van der Waals surface area contributed by atoms with Gasteiger partial charge in [0.1, 0.15) is 35.0 Å². The molecule has 0 saturated carbocycles. The van der Waals surface area contributed by atoms with Crippen LogP contribution in [-0.2, 0) is 30.4 Å². The lowest BCUT2D eigenvalue weighted by atomic mass is 9.69. The lowest BCUT2D eigenvalue weighted by Crippen LogP contribution is -2.60. The van der Waals surface area contributed by atoms with Crippen LogP contribution in [0, 0.1) is 11.8 Å². The molecule has 0 fully saturated rings. The number of rotatable bonds is 7. The normalized spacial score (nSPS) is 23.8. The van der Waals surface area contributed by atoms with Crippen LogP contribution in [0.25, 0.3) is 22.0 Å². The van der Waals surface area contributed by atoms with E-state index in [-0.39, 0.29) is 36.9 Å². The van der Waals surface area contributed by atoms with Crippen molar-refractivity contribution in [2.75, 3.05) is 34.0 Å². The summed E-state index contributed by atoms with van der Waals surface area (Å²) >= 11 is 0. The Bertz CT molecular complexity index is 2310. The summed E-state index contributed by atoms with van der Waals surface area (Å²) in [6, 6.07) is 19.2. The van der Waals surface area contributed by atoms with E-state index in [2.05, 4.69) is 51.7 Å². The quantitative estimate of drug-likeness (QED) is 0.0909. The SMILES string of the molecule is CNCO[C@]12Cc3c4c(c5c(c3O[C@@H]1c1ccc(O)c(c1)OCCC#C[C@@H]2NC)CC[C@H](CO)O5)-c1ccc(O)cc1[C@@H](Cc1ccc2[nH]ccc2c1)C4. The van der Waals surface area contributed by atoms with Gasteiger partial charge in [-0.2, -0.15) is 0 Å². The van der Waals surface area contributed by atoms with Gasteiger partial charge in [-0.25, -0.2) is 0 Å². The zero-order chi connectivity index (χ0) is 37.0. The first-order valence-corrected chi connectivity index (χ1v) is 18.8. The molecule has 10 heteroatoms. The van der Waals surface area contributed by atoms with Crippen molar-refractivity contribution in [1.29, 1.82) is 0 Å². The van der Waals surface area contributed by atoms with Crippen LogP contribution in [0.2, 0.25) is 0 Å². The molecule has 278 valence electrons. The second-order valence-electron chi connectivity index (χ2n) is 14.8. The second-order valence-corrected chi connectivity index (χ2v) is 14.8. The molecule has 1 aliphatic carbocycles. The maximum Gasteiger partial charge on any atom is 0.161 e. The van der Waals surface area contributed by atoms with Crippen LogP contribution < -0.4 is 24.8 Å². The van der Waals surface area contributed by atoms with E-state index < -0.39 is 17.7 Å². The van der Waals surface area contributed by atoms with Gasteiger partial charge in [-0.15, -0.1) is 0 Å². The van der Waals surface area contributed by atoms with E-state index in [1.165, 1.54) is 5.56 Å². The summed E-state index contributed by atoms with van der Waals surface area (Å²) in [5.74, 6) is 8.98. The molecule has 0 saturated heterocycles. The molecule has 2 bridgehead atoms. The van der Waals surface area contributed by atoms with E-state index in [9.17, 15) is 15.3 Å². The number of aromatic amines is 1. The van der Waals surface area contributed by atoms with Gasteiger partial charge in [0.2, 0.25) is 0 Å². The highest BCUT2D eigenvalue weighted by molar-refractivity contribution is 5.85.